The van der Waals surface area contributed by atoms with Crippen LogP contribution in [0.5, 0.6) is 17.2 Å². The quantitative estimate of drug-likeness (QED) is 0.509. The van der Waals surface area contributed by atoms with Gasteiger partial charge in [-0.2, -0.15) is 0 Å². The van der Waals surface area contributed by atoms with E-state index in [2.05, 4.69) is 15.3 Å². The van der Waals surface area contributed by atoms with E-state index in [9.17, 15) is 4.39 Å². The van der Waals surface area contributed by atoms with Crippen molar-refractivity contribution in [1.82, 2.24) is 9.97 Å². The summed E-state index contributed by atoms with van der Waals surface area (Å²) < 4.78 is 30.9. The predicted molar refractivity (Wildman–Crippen MR) is 109 cm³/mol. The molecule has 0 saturated heterocycles. The van der Waals surface area contributed by atoms with Crippen LogP contribution in [0.25, 0.3) is 20.7 Å². The van der Waals surface area contributed by atoms with Crippen LogP contribution in [0.1, 0.15) is 5.56 Å². The highest BCUT2D eigenvalue weighted by Gasteiger charge is 2.16. The van der Waals surface area contributed by atoms with Gasteiger partial charge >= 0.3 is 0 Å². The maximum Gasteiger partial charge on any atom is 0.231 e. The Hall–Kier alpha value is -3.39. The predicted octanol–water partition coefficient (Wildman–Crippen LogP) is 4.85. The highest BCUT2D eigenvalue weighted by Crippen LogP contribution is 2.40. The zero-order valence-electron chi connectivity index (χ0n) is 15.4. The lowest BCUT2D eigenvalue weighted by Gasteiger charge is -2.07. The van der Waals surface area contributed by atoms with Crippen molar-refractivity contribution in [3.8, 4) is 27.7 Å². The third-order valence-electron chi connectivity index (χ3n) is 4.64. The molecular formula is C21H16FN3O3S. The second-order valence-electron chi connectivity index (χ2n) is 6.43. The van der Waals surface area contributed by atoms with Gasteiger partial charge in [-0.25, -0.2) is 14.4 Å². The molecule has 0 radical (unpaired) electrons. The minimum absolute atomic E-state index is 0.250. The molecule has 146 valence electrons. The first-order chi connectivity index (χ1) is 14.2. The molecule has 0 atom stereocenters. The minimum atomic E-state index is -0.314. The second kappa shape index (κ2) is 7.21. The van der Waals surface area contributed by atoms with E-state index >= 15 is 0 Å². The maximum absolute atomic E-state index is 13.8. The average Bonchev–Trinajstić information content (AvgIpc) is 3.38. The molecule has 1 aliphatic heterocycles. The van der Waals surface area contributed by atoms with Gasteiger partial charge in [-0.3, -0.25) is 0 Å². The fourth-order valence-electron chi connectivity index (χ4n) is 3.22. The number of aromatic nitrogens is 2. The van der Waals surface area contributed by atoms with Gasteiger partial charge in [0, 0.05) is 17.0 Å². The summed E-state index contributed by atoms with van der Waals surface area (Å²) in [6.45, 7) is 0.819. The molecule has 1 N–H and O–H groups in total. The summed E-state index contributed by atoms with van der Waals surface area (Å²) >= 11 is 1.49. The lowest BCUT2D eigenvalue weighted by atomic mass is 10.1. The zero-order chi connectivity index (χ0) is 19.8. The number of thiophene rings is 1. The Labute approximate surface area is 169 Å². The van der Waals surface area contributed by atoms with Crippen LogP contribution in [0, 0.1) is 5.82 Å². The summed E-state index contributed by atoms with van der Waals surface area (Å²) in [5.41, 5.74) is 2.53. The van der Waals surface area contributed by atoms with Crippen LogP contribution in [0.15, 0.2) is 48.8 Å². The molecule has 0 spiro atoms. The Bertz CT molecular complexity index is 1210. The van der Waals surface area contributed by atoms with Crippen molar-refractivity contribution < 1.29 is 18.6 Å². The normalized spacial score (nSPS) is 12.3. The van der Waals surface area contributed by atoms with Crippen LogP contribution in [-0.4, -0.2) is 23.9 Å². The van der Waals surface area contributed by atoms with Crippen molar-refractivity contribution in [3.63, 3.8) is 0 Å². The molecule has 1 aliphatic rings. The number of anilines is 1. The number of methoxy groups -OCH3 is 1. The number of hydrogen-bond acceptors (Lipinski definition) is 7. The number of hydrogen-bond donors (Lipinski definition) is 1. The Kier molecular flexibility index (Phi) is 4.40. The Morgan fingerprint density at radius 3 is 2.90 bits per heavy atom. The summed E-state index contributed by atoms with van der Waals surface area (Å²) in [5, 5.41) is 3.36. The standard InChI is InChI=1S/C21H16FN3O3S/c1-26-16-5-3-13(22)7-14(16)19-8-15-20(29-19)21(25-10-24-15)23-9-12-2-4-17-18(6-12)28-11-27-17/h2-8,10H,9,11H2,1H3,(H,23,24,25). The van der Waals surface area contributed by atoms with Crippen molar-refractivity contribution in [2.24, 2.45) is 0 Å². The number of nitrogens with one attached hydrogen (secondary N) is 1. The van der Waals surface area contributed by atoms with Crippen LogP contribution >= 0.6 is 11.3 Å². The molecule has 0 saturated carbocycles. The van der Waals surface area contributed by atoms with Gasteiger partial charge in [0.05, 0.1) is 17.3 Å². The van der Waals surface area contributed by atoms with E-state index in [1.54, 1.807) is 13.2 Å². The molecule has 5 rings (SSSR count). The number of fused-ring (bicyclic) bond motifs is 2. The van der Waals surface area contributed by atoms with Crippen LogP contribution in [0.4, 0.5) is 10.2 Å². The Morgan fingerprint density at radius 1 is 1.10 bits per heavy atom. The topological polar surface area (TPSA) is 65.5 Å². The van der Waals surface area contributed by atoms with E-state index in [0.717, 1.165) is 38.0 Å². The van der Waals surface area contributed by atoms with Crippen molar-refractivity contribution in [1.29, 1.82) is 0 Å². The molecule has 29 heavy (non-hydrogen) atoms. The number of rotatable bonds is 5. The molecule has 0 aliphatic carbocycles. The van der Waals surface area contributed by atoms with E-state index in [0.29, 0.717) is 17.9 Å². The van der Waals surface area contributed by atoms with E-state index < -0.39 is 0 Å². The fraction of sp³-hybridized carbons (Fsp3) is 0.143. The molecule has 6 nitrogen and oxygen atoms in total. The Morgan fingerprint density at radius 2 is 2.00 bits per heavy atom. The molecule has 8 heteroatoms. The van der Waals surface area contributed by atoms with Gasteiger partial charge in [-0.1, -0.05) is 6.07 Å². The third-order valence-corrected chi connectivity index (χ3v) is 5.80. The molecule has 2 aromatic heterocycles. The van der Waals surface area contributed by atoms with Crippen LogP contribution in [-0.2, 0) is 6.54 Å². The average molecular weight is 409 g/mol. The first-order valence-electron chi connectivity index (χ1n) is 8.92. The molecule has 0 unspecified atom stereocenters. The van der Waals surface area contributed by atoms with E-state index in [4.69, 9.17) is 14.2 Å². The van der Waals surface area contributed by atoms with Gasteiger partial charge in [0.2, 0.25) is 6.79 Å². The summed E-state index contributed by atoms with van der Waals surface area (Å²) in [6, 6.07) is 12.2. The number of halogens is 1. The highest BCUT2D eigenvalue weighted by atomic mass is 32.1. The largest absolute Gasteiger partial charge is 0.496 e. The van der Waals surface area contributed by atoms with Crippen molar-refractivity contribution in [2.45, 2.75) is 6.54 Å². The van der Waals surface area contributed by atoms with Crippen molar-refractivity contribution >= 4 is 27.4 Å². The molecule has 4 aromatic rings. The SMILES string of the molecule is COc1ccc(F)cc1-c1cc2ncnc(NCc3ccc4c(c3)OCO4)c2s1. The van der Waals surface area contributed by atoms with E-state index in [1.807, 2.05) is 24.3 Å². The molecule has 2 aromatic carbocycles. The number of nitrogens with zero attached hydrogens (tertiary/aromatic N) is 2. The van der Waals surface area contributed by atoms with Gasteiger partial charge in [0.25, 0.3) is 0 Å². The van der Waals surface area contributed by atoms with Crippen molar-refractivity contribution in [3.05, 3.63) is 60.2 Å². The smallest absolute Gasteiger partial charge is 0.231 e. The molecule has 3 heterocycles. The maximum atomic E-state index is 13.8. The third kappa shape index (κ3) is 3.31. The monoisotopic (exact) mass is 409 g/mol. The lowest BCUT2D eigenvalue weighted by Crippen LogP contribution is -2.01. The first-order valence-corrected chi connectivity index (χ1v) is 9.74. The van der Waals surface area contributed by atoms with E-state index in [1.165, 1.54) is 29.8 Å². The van der Waals surface area contributed by atoms with Crippen molar-refractivity contribution in [2.75, 3.05) is 19.2 Å². The van der Waals surface area contributed by atoms with Gasteiger partial charge in [-0.15, -0.1) is 11.3 Å². The van der Waals surface area contributed by atoms with Gasteiger partial charge in [0.1, 0.15) is 23.7 Å². The van der Waals surface area contributed by atoms with Crippen LogP contribution in [0.2, 0.25) is 0 Å². The second-order valence-corrected chi connectivity index (χ2v) is 7.49. The van der Waals surface area contributed by atoms with E-state index in [-0.39, 0.29) is 12.6 Å². The number of benzene rings is 2. The lowest BCUT2D eigenvalue weighted by molar-refractivity contribution is 0.174. The number of ether oxygens (including phenoxy) is 3. The van der Waals surface area contributed by atoms with Crippen LogP contribution < -0.4 is 19.5 Å². The summed E-state index contributed by atoms with van der Waals surface area (Å²) in [5.74, 6) is 2.52. The molecule has 0 bridgehead atoms. The summed E-state index contributed by atoms with van der Waals surface area (Å²) in [7, 11) is 1.57. The summed E-state index contributed by atoms with van der Waals surface area (Å²) in [4.78, 5) is 9.61. The molecule has 0 fully saturated rings. The molecule has 0 amide bonds. The molecular weight excluding hydrogens is 393 g/mol. The zero-order valence-corrected chi connectivity index (χ0v) is 16.3. The van der Waals surface area contributed by atoms with Gasteiger partial charge in [-0.05, 0) is 42.0 Å². The van der Waals surface area contributed by atoms with Gasteiger partial charge in [0.15, 0.2) is 11.5 Å². The Balaban J connectivity index is 1.46. The summed E-state index contributed by atoms with van der Waals surface area (Å²) in [6.07, 6.45) is 1.52. The highest BCUT2D eigenvalue weighted by molar-refractivity contribution is 7.22. The minimum Gasteiger partial charge on any atom is -0.496 e. The van der Waals surface area contributed by atoms with Gasteiger partial charge < -0.3 is 19.5 Å². The van der Waals surface area contributed by atoms with Crippen LogP contribution in [0.3, 0.4) is 0 Å². The first kappa shape index (κ1) is 17.7. The fourth-order valence-corrected chi connectivity index (χ4v) is 4.32.